The van der Waals surface area contributed by atoms with Crippen molar-refractivity contribution in [3.05, 3.63) is 23.8 Å². The van der Waals surface area contributed by atoms with Crippen LogP contribution in [0.2, 0.25) is 0 Å². The Morgan fingerprint density at radius 2 is 1.79 bits per heavy atom. The fraction of sp³-hybridized carbons (Fsp3) is 0.615. The zero-order valence-corrected chi connectivity index (χ0v) is 9.25. The minimum absolute atomic E-state index is 0.135. The monoisotopic (exact) mass is 192 g/mol. The Morgan fingerprint density at radius 3 is 2.36 bits per heavy atom. The van der Waals surface area contributed by atoms with Gasteiger partial charge in [-0.3, -0.25) is 4.79 Å². The highest BCUT2D eigenvalue weighted by Gasteiger charge is 2.09. The molecule has 0 aromatic carbocycles. The van der Waals surface area contributed by atoms with E-state index >= 15 is 0 Å². The molecule has 0 bridgehead atoms. The minimum atomic E-state index is 0.135. The number of hydrogen-bond donors (Lipinski definition) is 0. The van der Waals surface area contributed by atoms with Gasteiger partial charge in [-0.1, -0.05) is 31.4 Å². The Bertz CT molecular complexity index is 242. The van der Waals surface area contributed by atoms with Crippen LogP contribution >= 0.6 is 0 Å². The Balaban J connectivity index is 2.41. The molecule has 0 radical (unpaired) electrons. The maximum atomic E-state index is 10.8. The molecule has 0 N–H and O–H groups in total. The van der Waals surface area contributed by atoms with E-state index in [1.54, 1.807) is 13.0 Å². The zero-order chi connectivity index (χ0) is 10.4. The van der Waals surface area contributed by atoms with E-state index in [9.17, 15) is 4.79 Å². The second kappa shape index (κ2) is 5.79. The molecule has 0 unspecified atom stereocenters. The molecule has 1 aliphatic rings. The van der Waals surface area contributed by atoms with Crippen LogP contribution in [0, 0.1) is 5.92 Å². The lowest BCUT2D eigenvalue weighted by molar-refractivity contribution is -0.112. The topological polar surface area (TPSA) is 17.1 Å². The van der Waals surface area contributed by atoms with E-state index < -0.39 is 0 Å². The van der Waals surface area contributed by atoms with Gasteiger partial charge in [0.1, 0.15) is 0 Å². The molecule has 1 saturated carbocycles. The summed E-state index contributed by atoms with van der Waals surface area (Å²) in [5.41, 5.74) is 1.07. The molecule has 0 aliphatic heterocycles. The number of carbonyl (C=O) groups excluding carboxylic acids is 1. The van der Waals surface area contributed by atoms with Crippen LogP contribution in [-0.4, -0.2) is 5.78 Å². The van der Waals surface area contributed by atoms with Crippen molar-refractivity contribution in [2.75, 3.05) is 0 Å². The molecule has 0 aromatic heterocycles. The van der Waals surface area contributed by atoms with E-state index in [-0.39, 0.29) is 5.78 Å². The highest BCUT2D eigenvalue weighted by Crippen LogP contribution is 2.24. The lowest BCUT2D eigenvalue weighted by Gasteiger charge is -2.17. The lowest BCUT2D eigenvalue weighted by atomic mass is 9.89. The quantitative estimate of drug-likeness (QED) is 0.492. The van der Waals surface area contributed by atoms with Crippen LogP contribution in [0.1, 0.15) is 46.0 Å². The van der Waals surface area contributed by atoms with Crippen LogP contribution in [0.15, 0.2) is 23.8 Å². The molecule has 1 nitrogen and oxygen atoms in total. The second-order valence-corrected chi connectivity index (χ2v) is 4.26. The molecule has 14 heavy (non-hydrogen) atoms. The maximum absolute atomic E-state index is 10.8. The van der Waals surface area contributed by atoms with E-state index in [4.69, 9.17) is 0 Å². The summed E-state index contributed by atoms with van der Waals surface area (Å²) in [6.07, 6.45) is 12.8. The normalized spacial score (nSPS) is 20.3. The summed E-state index contributed by atoms with van der Waals surface area (Å²) in [5.74, 6) is 0.884. The first-order valence-electron chi connectivity index (χ1n) is 5.55. The van der Waals surface area contributed by atoms with Gasteiger partial charge in [-0.2, -0.15) is 0 Å². The number of carbonyl (C=O) groups is 1. The summed E-state index contributed by atoms with van der Waals surface area (Å²) >= 11 is 0. The van der Waals surface area contributed by atoms with Crippen LogP contribution in [-0.2, 0) is 4.79 Å². The number of allylic oxidation sites excluding steroid dienone is 4. The van der Waals surface area contributed by atoms with Crippen molar-refractivity contribution in [1.82, 2.24) is 0 Å². The molecule has 0 saturated heterocycles. The number of hydrogen-bond acceptors (Lipinski definition) is 1. The third kappa shape index (κ3) is 4.40. The molecule has 1 fully saturated rings. The Morgan fingerprint density at radius 1 is 1.14 bits per heavy atom. The van der Waals surface area contributed by atoms with E-state index in [1.807, 2.05) is 6.92 Å². The first-order chi connectivity index (χ1) is 6.68. The molecule has 1 aliphatic carbocycles. The largest absolute Gasteiger partial charge is 0.295 e. The van der Waals surface area contributed by atoms with Gasteiger partial charge in [0.05, 0.1) is 0 Å². The highest BCUT2D eigenvalue weighted by molar-refractivity contribution is 5.88. The van der Waals surface area contributed by atoms with Gasteiger partial charge in [-0.05, 0) is 44.3 Å². The van der Waals surface area contributed by atoms with Gasteiger partial charge < -0.3 is 0 Å². The average molecular weight is 192 g/mol. The van der Waals surface area contributed by atoms with Crippen molar-refractivity contribution < 1.29 is 4.79 Å². The molecule has 0 amide bonds. The summed E-state index contributed by atoms with van der Waals surface area (Å²) in [4.78, 5) is 10.8. The Kier molecular flexibility index (Phi) is 4.64. The van der Waals surface area contributed by atoms with Crippen LogP contribution in [0.25, 0.3) is 0 Å². The van der Waals surface area contributed by atoms with Crippen LogP contribution < -0.4 is 0 Å². The van der Waals surface area contributed by atoms with Crippen molar-refractivity contribution in [3.63, 3.8) is 0 Å². The van der Waals surface area contributed by atoms with Crippen molar-refractivity contribution in [3.8, 4) is 0 Å². The van der Waals surface area contributed by atoms with Crippen LogP contribution in [0.5, 0.6) is 0 Å². The second-order valence-electron chi connectivity index (χ2n) is 4.26. The smallest absolute Gasteiger partial charge is 0.152 e. The first kappa shape index (κ1) is 11.2. The molecule has 0 aromatic rings. The van der Waals surface area contributed by atoms with Gasteiger partial charge in [0.15, 0.2) is 5.78 Å². The summed E-state index contributed by atoms with van der Waals surface area (Å²) in [6, 6.07) is 0. The van der Waals surface area contributed by atoms with Crippen LogP contribution in [0.4, 0.5) is 0 Å². The SMILES string of the molecule is CC(=O)/C=C(C)/C=C/C1CCCCC1. The fourth-order valence-electron chi connectivity index (χ4n) is 1.98. The van der Waals surface area contributed by atoms with Gasteiger partial charge in [-0.15, -0.1) is 0 Å². The molecule has 0 heterocycles. The van der Waals surface area contributed by atoms with Gasteiger partial charge in [0.25, 0.3) is 0 Å². The molecule has 0 spiro atoms. The first-order valence-corrected chi connectivity index (χ1v) is 5.55. The van der Waals surface area contributed by atoms with Gasteiger partial charge in [-0.25, -0.2) is 0 Å². The fourth-order valence-corrected chi connectivity index (χ4v) is 1.98. The third-order valence-electron chi connectivity index (χ3n) is 2.71. The van der Waals surface area contributed by atoms with Gasteiger partial charge in [0.2, 0.25) is 0 Å². The number of rotatable bonds is 3. The van der Waals surface area contributed by atoms with Crippen molar-refractivity contribution >= 4 is 5.78 Å². The third-order valence-corrected chi connectivity index (χ3v) is 2.71. The predicted molar refractivity (Wildman–Crippen MR) is 60.2 cm³/mol. The molecule has 1 rings (SSSR count). The van der Waals surface area contributed by atoms with E-state index in [2.05, 4.69) is 12.2 Å². The summed E-state index contributed by atoms with van der Waals surface area (Å²) < 4.78 is 0. The molecule has 0 atom stereocenters. The molecular weight excluding hydrogens is 172 g/mol. The molecule has 1 heteroatoms. The van der Waals surface area contributed by atoms with Crippen molar-refractivity contribution in [2.45, 2.75) is 46.0 Å². The molecular formula is C13H20O. The maximum Gasteiger partial charge on any atom is 0.152 e. The highest BCUT2D eigenvalue weighted by atomic mass is 16.1. The minimum Gasteiger partial charge on any atom is -0.295 e. The summed E-state index contributed by atoms with van der Waals surface area (Å²) in [5, 5.41) is 0. The lowest BCUT2D eigenvalue weighted by Crippen LogP contribution is -2.02. The molecule has 78 valence electrons. The Hall–Kier alpha value is -0.850. The van der Waals surface area contributed by atoms with Crippen molar-refractivity contribution in [1.29, 1.82) is 0 Å². The van der Waals surface area contributed by atoms with Gasteiger partial charge >= 0.3 is 0 Å². The Labute approximate surface area is 86.9 Å². The van der Waals surface area contributed by atoms with Gasteiger partial charge in [0, 0.05) is 0 Å². The average Bonchev–Trinajstić information content (AvgIpc) is 2.15. The van der Waals surface area contributed by atoms with E-state index in [0.717, 1.165) is 11.5 Å². The van der Waals surface area contributed by atoms with E-state index in [0.29, 0.717) is 0 Å². The van der Waals surface area contributed by atoms with E-state index in [1.165, 1.54) is 32.1 Å². The summed E-state index contributed by atoms with van der Waals surface area (Å²) in [7, 11) is 0. The van der Waals surface area contributed by atoms with Crippen molar-refractivity contribution in [2.24, 2.45) is 5.92 Å². The number of ketones is 1. The zero-order valence-electron chi connectivity index (χ0n) is 9.25. The standard InChI is InChI=1S/C13H20O/c1-11(10-12(2)14)8-9-13-6-4-3-5-7-13/h8-10,13H,3-7H2,1-2H3/b9-8+,11-10+. The summed E-state index contributed by atoms with van der Waals surface area (Å²) in [6.45, 7) is 3.58. The predicted octanol–water partition coefficient (Wildman–Crippen LogP) is 3.66. The van der Waals surface area contributed by atoms with Crippen LogP contribution in [0.3, 0.4) is 0 Å².